The number of aliphatic hydroxyl groups is 1. The Labute approximate surface area is 125 Å². The largest absolute Gasteiger partial charge is 0.388 e. The summed E-state index contributed by atoms with van der Waals surface area (Å²) in [5, 5.41) is 13.7. The quantitative estimate of drug-likeness (QED) is 0.894. The molecule has 1 atom stereocenters. The van der Waals surface area contributed by atoms with E-state index in [9.17, 15) is 9.90 Å². The number of halogens is 1. The van der Waals surface area contributed by atoms with E-state index >= 15 is 0 Å². The van der Waals surface area contributed by atoms with Crippen LogP contribution < -0.4 is 5.32 Å². The molecule has 0 aliphatic heterocycles. The van der Waals surface area contributed by atoms with Crippen LogP contribution in [0.5, 0.6) is 0 Å². The van der Waals surface area contributed by atoms with Gasteiger partial charge in [-0.2, -0.15) is 0 Å². The van der Waals surface area contributed by atoms with Crippen molar-refractivity contribution < 1.29 is 9.90 Å². The molecule has 1 aromatic rings. The fraction of sp³-hybridized carbons (Fsp3) is 0.562. The van der Waals surface area contributed by atoms with Crippen molar-refractivity contribution in [2.45, 2.75) is 51.2 Å². The Kier molecular flexibility index (Phi) is 5.44. The minimum Gasteiger partial charge on any atom is -0.388 e. The lowest BCUT2D eigenvalue weighted by atomic mass is 9.87. The van der Waals surface area contributed by atoms with E-state index < -0.39 is 6.10 Å². The maximum Gasteiger partial charge on any atom is 0.223 e. The van der Waals surface area contributed by atoms with E-state index in [4.69, 9.17) is 11.6 Å². The molecule has 4 heteroatoms. The molecule has 1 unspecified atom stereocenters. The Morgan fingerprint density at radius 3 is 2.50 bits per heavy atom. The number of aliphatic hydroxyl groups excluding tert-OH is 1. The summed E-state index contributed by atoms with van der Waals surface area (Å²) < 4.78 is 0. The van der Waals surface area contributed by atoms with Gasteiger partial charge in [0.1, 0.15) is 0 Å². The summed E-state index contributed by atoms with van der Waals surface area (Å²) in [5.74, 6) is 0.690. The molecule has 1 amide bonds. The van der Waals surface area contributed by atoms with Gasteiger partial charge in [-0.1, -0.05) is 30.7 Å². The number of hydrogen-bond donors (Lipinski definition) is 2. The van der Waals surface area contributed by atoms with Gasteiger partial charge in [0.25, 0.3) is 0 Å². The van der Waals surface area contributed by atoms with Crippen molar-refractivity contribution in [2.75, 3.05) is 0 Å². The van der Waals surface area contributed by atoms with Gasteiger partial charge in [0, 0.05) is 11.1 Å². The van der Waals surface area contributed by atoms with E-state index in [1.807, 2.05) is 0 Å². The highest BCUT2D eigenvalue weighted by Gasteiger charge is 2.21. The van der Waals surface area contributed by atoms with Crippen molar-refractivity contribution in [1.29, 1.82) is 0 Å². The molecule has 1 aromatic carbocycles. The Morgan fingerprint density at radius 1 is 1.30 bits per heavy atom. The average Bonchev–Trinajstić information content (AvgIpc) is 2.42. The predicted octanol–water partition coefficient (Wildman–Crippen LogP) is 3.46. The van der Waals surface area contributed by atoms with Crippen LogP contribution in [0.25, 0.3) is 0 Å². The minimum absolute atomic E-state index is 0.0768. The lowest BCUT2D eigenvalue weighted by Gasteiger charge is -2.27. The first-order valence-corrected chi connectivity index (χ1v) is 7.65. The van der Waals surface area contributed by atoms with E-state index in [1.165, 1.54) is 12.8 Å². The molecule has 1 aliphatic rings. The number of hydrogen-bond acceptors (Lipinski definition) is 2. The Morgan fingerprint density at radius 2 is 1.90 bits per heavy atom. The summed E-state index contributed by atoms with van der Waals surface area (Å²) in [7, 11) is 0. The number of amides is 1. The first-order chi connectivity index (χ1) is 9.54. The first-order valence-electron chi connectivity index (χ1n) is 7.27. The molecule has 0 radical (unpaired) electrons. The second-order valence-corrected chi connectivity index (χ2v) is 6.23. The second-order valence-electron chi connectivity index (χ2n) is 5.80. The van der Waals surface area contributed by atoms with Crippen LogP contribution in [0.4, 0.5) is 0 Å². The van der Waals surface area contributed by atoms with Gasteiger partial charge in [-0.3, -0.25) is 4.79 Å². The van der Waals surface area contributed by atoms with E-state index in [-0.39, 0.29) is 18.4 Å². The summed E-state index contributed by atoms with van der Waals surface area (Å²) in [6.45, 7) is 2.25. The highest BCUT2D eigenvalue weighted by atomic mass is 35.5. The maximum atomic E-state index is 11.9. The molecule has 2 rings (SSSR count). The third-order valence-corrected chi connectivity index (χ3v) is 4.27. The van der Waals surface area contributed by atoms with Crippen LogP contribution in [-0.4, -0.2) is 17.1 Å². The fourth-order valence-corrected chi connectivity index (χ4v) is 2.80. The van der Waals surface area contributed by atoms with Gasteiger partial charge in [0.15, 0.2) is 0 Å². The predicted molar refractivity (Wildman–Crippen MR) is 80.6 cm³/mol. The molecule has 0 heterocycles. The first kappa shape index (κ1) is 15.3. The van der Waals surface area contributed by atoms with Crippen molar-refractivity contribution in [3.8, 4) is 0 Å². The van der Waals surface area contributed by atoms with Gasteiger partial charge >= 0.3 is 0 Å². The number of rotatable bonds is 4. The summed E-state index contributed by atoms with van der Waals surface area (Å²) >= 11 is 5.80. The molecular formula is C16H22ClNO2. The van der Waals surface area contributed by atoms with Crippen LogP contribution in [0, 0.1) is 5.92 Å². The smallest absolute Gasteiger partial charge is 0.223 e. The SMILES string of the molecule is CC1CCC(NC(=O)CC(O)c2ccc(Cl)cc2)CC1. The molecule has 1 aliphatic carbocycles. The Bertz CT molecular complexity index is 438. The fourth-order valence-electron chi connectivity index (χ4n) is 2.67. The number of carbonyl (C=O) groups is 1. The van der Waals surface area contributed by atoms with Crippen molar-refractivity contribution in [2.24, 2.45) is 5.92 Å². The topological polar surface area (TPSA) is 49.3 Å². The van der Waals surface area contributed by atoms with E-state index in [2.05, 4.69) is 12.2 Å². The lowest BCUT2D eigenvalue weighted by molar-refractivity contribution is -0.124. The van der Waals surface area contributed by atoms with Gasteiger partial charge in [0.05, 0.1) is 12.5 Å². The zero-order valence-corrected chi connectivity index (χ0v) is 12.6. The summed E-state index contributed by atoms with van der Waals surface area (Å²) in [6, 6.07) is 7.22. The van der Waals surface area contributed by atoms with E-state index in [0.29, 0.717) is 5.02 Å². The molecule has 2 N–H and O–H groups in total. The zero-order chi connectivity index (χ0) is 14.5. The number of nitrogens with one attached hydrogen (secondary N) is 1. The molecule has 1 fully saturated rings. The van der Waals surface area contributed by atoms with Gasteiger partial charge in [-0.05, 0) is 49.3 Å². The van der Waals surface area contributed by atoms with Crippen molar-refractivity contribution in [3.63, 3.8) is 0 Å². The standard InChI is InChI=1S/C16H22ClNO2/c1-11-2-8-14(9-3-11)18-16(20)10-15(19)12-4-6-13(17)7-5-12/h4-7,11,14-15,19H,2-3,8-10H2,1H3,(H,18,20). The monoisotopic (exact) mass is 295 g/mol. The Hall–Kier alpha value is -1.06. The second kappa shape index (κ2) is 7.09. The van der Waals surface area contributed by atoms with Crippen LogP contribution in [0.15, 0.2) is 24.3 Å². The highest BCUT2D eigenvalue weighted by molar-refractivity contribution is 6.30. The van der Waals surface area contributed by atoms with Crippen LogP contribution in [-0.2, 0) is 4.79 Å². The van der Waals surface area contributed by atoms with Crippen molar-refractivity contribution >= 4 is 17.5 Å². The number of benzene rings is 1. The average molecular weight is 296 g/mol. The summed E-state index contributed by atoms with van der Waals surface area (Å²) in [6.07, 6.45) is 3.77. The van der Waals surface area contributed by atoms with Crippen molar-refractivity contribution in [1.82, 2.24) is 5.32 Å². The van der Waals surface area contributed by atoms with E-state index in [1.54, 1.807) is 24.3 Å². The van der Waals surface area contributed by atoms with Gasteiger partial charge in [-0.25, -0.2) is 0 Å². The summed E-state index contributed by atoms with van der Waals surface area (Å²) in [4.78, 5) is 11.9. The van der Waals surface area contributed by atoms with Crippen LogP contribution in [0.2, 0.25) is 5.02 Å². The molecular weight excluding hydrogens is 274 g/mol. The third-order valence-electron chi connectivity index (χ3n) is 4.01. The van der Waals surface area contributed by atoms with Crippen LogP contribution in [0.3, 0.4) is 0 Å². The summed E-state index contributed by atoms with van der Waals surface area (Å²) in [5.41, 5.74) is 0.724. The van der Waals surface area contributed by atoms with Gasteiger partial charge in [-0.15, -0.1) is 0 Å². The molecule has 3 nitrogen and oxygen atoms in total. The van der Waals surface area contributed by atoms with E-state index in [0.717, 1.165) is 24.3 Å². The third kappa shape index (κ3) is 4.50. The molecule has 0 spiro atoms. The molecule has 0 bridgehead atoms. The lowest BCUT2D eigenvalue weighted by Crippen LogP contribution is -2.37. The molecule has 20 heavy (non-hydrogen) atoms. The molecule has 0 saturated heterocycles. The normalized spacial score (nSPS) is 24.1. The van der Waals surface area contributed by atoms with Crippen LogP contribution in [0.1, 0.15) is 50.7 Å². The molecule has 0 aromatic heterocycles. The number of carbonyl (C=O) groups excluding carboxylic acids is 1. The highest BCUT2D eigenvalue weighted by Crippen LogP contribution is 2.24. The van der Waals surface area contributed by atoms with Crippen LogP contribution >= 0.6 is 11.6 Å². The maximum absolute atomic E-state index is 11.9. The van der Waals surface area contributed by atoms with Gasteiger partial charge in [0.2, 0.25) is 5.91 Å². The van der Waals surface area contributed by atoms with Crippen molar-refractivity contribution in [3.05, 3.63) is 34.9 Å². The molecule has 1 saturated carbocycles. The molecule has 110 valence electrons. The Balaban J connectivity index is 1.80. The minimum atomic E-state index is -0.769. The zero-order valence-electron chi connectivity index (χ0n) is 11.8. The van der Waals surface area contributed by atoms with Gasteiger partial charge < -0.3 is 10.4 Å².